The standard InChI is InChI=1S/C19H25N5O/c1-2-20-19(24-15-10-14-8-9-17(15)25-14)22-12-18-21-11-16(23-18)13-6-4-3-5-7-13/h3-7,11,14-15,17H,2,8-10,12H2,1H3,(H,21,23)(H2,20,22,24). The molecule has 3 atom stereocenters. The Labute approximate surface area is 148 Å². The average molecular weight is 339 g/mol. The van der Waals surface area contributed by atoms with Gasteiger partial charge in [0.05, 0.1) is 30.1 Å². The molecule has 3 N–H and O–H groups in total. The van der Waals surface area contributed by atoms with Crippen molar-refractivity contribution in [2.24, 2.45) is 4.99 Å². The van der Waals surface area contributed by atoms with E-state index in [0.717, 1.165) is 42.4 Å². The fraction of sp³-hybridized carbons (Fsp3) is 0.474. The number of imidazole rings is 1. The third-order valence-electron chi connectivity index (χ3n) is 4.87. The zero-order valence-corrected chi connectivity index (χ0v) is 14.5. The molecule has 2 aliphatic heterocycles. The highest BCUT2D eigenvalue weighted by atomic mass is 16.5. The molecule has 2 aliphatic rings. The van der Waals surface area contributed by atoms with Gasteiger partial charge in [-0.25, -0.2) is 9.98 Å². The molecule has 2 aromatic rings. The van der Waals surface area contributed by atoms with Gasteiger partial charge in [-0.2, -0.15) is 0 Å². The Morgan fingerprint density at radius 1 is 1.32 bits per heavy atom. The van der Waals surface area contributed by atoms with Gasteiger partial charge in [0.2, 0.25) is 0 Å². The minimum Gasteiger partial charge on any atom is -0.373 e. The van der Waals surface area contributed by atoms with Crippen molar-refractivity contribution in [2.75, 3.05) is 6.54 Å². The van der Waals surface area contributed by atoms with Crippen LogP contribution in [0.4, 0.5) is 0 Å². The Hall–Kier alpha value is -2.34. The van der Waals surface area contributed by atoms with E-state index in [-0.39, 0.29) is 0 Å². The van der Waals surface area contributed by atoms with Gasteiger partial charge in [-0.05, 0) is 31.7 Å². The topological polar surface area (TPSA) is 74.3 Å². The molecule has 25 heavy (non-hydrogen) atoms. The van der Waals surface area contributed by atoms with Crippen molar-refractivity contribution in [3.05, 3.63) is 42.4 Å². The van der Waals surface area contributed by atoms with E-state index < -0.39 is 0 Å². The third-order valence-corrected chi connectivity index (χ3v) is 4.87. The Bertz CT molecular complexity index is 726. The number of hydrogen-bond acceptors (Lipinski definition) is 3. The maximum Gasteiger partial charge on any atom is 0.192 e. The number of H-pyrrole nitrogens is 1. The summed E-state index contributed by atoms with van der Waals surface area (Å²) in [6.45, 7) is 3.43. The fourth-order valence-electron chi connectivity index (χ4n) is 3.65. The van der Waals surface area contributed by atoms with Crippen LogP contribution in [0.3, 0.4) is 0 Å². The summed E-state index contributed by atoms with van der Waals surface area (Å²) in [5.41, 5.74) is 2.15. The summed E-state index contributed by atoms with van der Waals surface area (Å²) in [7, 11) is 0. The number of fused-ring (bicyclic) bond motifs is 2. The summed E-state index contributed by atoms with van der Waals surface area (Å²) in [6.07, 6.45) is 6.06. The second-order valence-electron chi connectivity index (χ2n) is 6.67. The Kier molecular flexibility index (Phi) is 4.70. The molecule has 3 heterocycles. The van der Waals surface area contributed by atoms with Crippen LogP contribution < -0.4 is 10.6 Å². The molecular formula is C19H25N5O. The zero-order chi connectivity index (χ0) is 17.1. The van der Waals surface area contributed by atoms with Gasteiger partial charge in [0, 0.05) is 6.54 Å². The molecule has 1 aromatic heterocycles. The van der Waals surface area contributed by atoms with E-state index in [1.807, 2.05) is 24.4 Å². The fourth-order valence-corrected chi connectivity index (χ4v) is 3.65. The van der Waals surface area contributed by atoms with Crippen LogP contribution in [0.5, 0.6) is 0 Å². The number of guanidine groups is 1. The SMILES string of the molecule is CCNC(=NCc1ncc(-c2ccccc2)[nH]1)NC1CC2CCC1O2. The first-order valence-corrected chi connectivity index (χ1v) is 9.11. The Morgan fingerprint density at radius 3 is 2.92 bits per heavy atom. The highest BCUT2D eigenvalue weighted by molar-refractivity contribution is 5.80. The Balaban J connectivity index is 1.40. The molecule has 2 bridgehead atoms. The van der Waals surface area contributed by atoms with E-state index in [9.17, 15) is 0 Å². The van der Waals surface area contributed by atoms with Gasteiger partial charge < -0.3 is 20.4 Å². The van der Waals surface area contributed by atoms with Crippen LogP contribution in [0.15, 0.2) is 41.5 Å². The van der Waals surface area contributed by atoms with Crippen molar-refractivity contribution < 1.29 is 4.74 Å². The smallest absolute Gasteiger partial charge is 0.192 e. The molecule has 4 rings (SSSR count). The van der Waals surface area contributed by atoms with Crippen LogP contribution in [0, 0.1) is 0 Å². The first kappa shape index (κ1) is 16.1. The van der Waals surface area contributed by atoms with Crippen LogP contribution in [0.2, 0.25) is 0 Å². The van der Waals surface area contributed by atoms with Crippen molar-refractivity contribution in [3.8, 4) is 11.3 Å². The molecule has 2 saturated heterocycles. The lowest BCUT2D eigenvalue weighted by Gasteiger charge is -2.22. The van der Waals surface area contributed by atoms with E-state index in [4.69, 9.17) is 4.74 Å². The first-order chi connectivity index (χ1) is 12.3. The van der Waals surface area contributed by atoms with E-state index in [2.05, 4.69) is 44.7 Å². The lowest BCUT2D eigenvalue weighted by molar-refractivity contribution is 0.0992. The molecule has 0 radical (unpaired) electrons. The zero-order valence-electron chi connectivity index (χ0n) is 14.5. The van der Waals surface area contributed by atoms with Crippen LogP contribution in [0.25, 0.3) is 11.3 Å². The quantitative estimate of drug-likeness (QED) is 0.578. The van der Waals surface area contributed by atoms with Crippen molar-refractivity contribution >= 4 is 5.96 Å². The van der Waals surface area contributed by atoms with Gasteiger partial charge in [0.25, 0.3) is 0 Å². The van der Waals surface area contributed by atoms with Gasteiger partial charge in [-0.15, -0.1) is 0 Å². The highest BCUT2D eigenvalue weighted by Gasteiger charge is 2.41. The van der Waals surface area contributed by atoms with Gasteiger partial charge >= 0.3 is 0 Å². The third kappa shape index (κ3) is 3.69. The van der Waals surface area contributed by atoms with Crippen LogP contribution in [-0.4, -0.2) is 40.7 Å². The number of ether oxygens (including phenoxy) is 1. The normalized spacial score (nSPS) is 25.3. The van der Waals surface area contributed by atoms with E-state index >= 15 is 0 Å². The van der Waals surface area contributed by atoms with Crippen molar-refractivity contribution in [2.45, 2.75) is 51.0 Å². The minimum atomic E-state index is 0.335. The van der Waals surface area contributed by atoms with Crippen LogP contribution >= 0.6 is 0 Å². The molecule has 0 amide bonds. The number of rotatable bonds is 5. The molecule has 0 spiro atoms. The maximum absolute atomic E-state index is 5.92. The maximum atomic E-state index is 5.92. The molecule has 2 fully saturated rings. The number of nitrogens with one attached hydrogen (secondary N) is 3. The number of benzene rings is 1. The van der Waals surface area contributed by atoms with E-state index in [1.54, 1.807) is 0 Å². The molecular weight excluding hydrogens is 314 g/mol. The van der Waals surface area contributed by atoms with Crippen molar-refractivity contribution in [3.63, 3.8) is 0 Å². The van der Waals surface area contributed by atoms with E-state index in [0.29, 0.717) is 24.8 Å². The summed E-state index contributed by atoms with van der Waals surface area (Å²) in [4.78, 5) is 12.5. The molecule has 6 nitrogen and oxygen atoms in total. The first-order valence-electron chi connectivity index (χ1n) is 9.11. The summed E-state index contributed by atoms with van der Waals surface area (Å²) < 4.78 is 5.92. The van der Waals surface area contributed by atoms with Gasteiger partial charge in [-0.1, -0.05) is 30.3 Å². The van der Waals surface area contributed by atoms with E-state index in [1.165, 1.54) is 6.42 Å². The van der Waals surface area contributed by atoms with Gasteiger partial charge in [0.15, 0.2) is 5.96 Å². The average Bonchev–Trinajstić information content (AvgIpc) is 3.37. The number of nitrogens with zero attached hydrogens (tertiary/aromatic N) is 2. The lowest BCUT2D eigenvalue weighted by Crippen LogP contribution is -2.47. The number of aliphatic imine (C=N–C) groups is 1. The molecule has 0 saturated carbocycles. The monoisotopic (exact) mass is 339 g/mol. The van der Waals surface area contributed by atoms with Crippen LogP contribution in [-0.2, 0) is 11.3 Å². The van der Waals surface area contributed by atoms with Gasteiger partial charge in [0.1, 0.15) is 12.4 Å². The summed E-state index contributed by atoms with van der Waals surface area (Å²) in [5.74, 6) is 1.70. The summed E-state index contributed by atoms with van der Waals surface area (Å²) in [5, 5.41) is 6.85. The summed E-state index contributed by atoms with van der Waals surface area (Å²) >= 11 is 0. The molecule has 1 aromatic carbocycles. The Morgan fingerprint density at radius 2 is 2.20 bits per heavy atom. The number of aromatic amines is 1. The minimum absolute atomic E-state index is 0.335. The molecule has 6 heteroatoms. The summed E-state index contributed by atoms with van der Waals surface area (Å²) in [6, 6.07) is 10.6. The molecule has 132 valence electrons. The largest absolute Gasteiger partial charge is 0.373 e. The lowest BCUT2D eigenvalue weighted by atomic mass is 9.96. The number of aromatic nitrogens is 2. The number of hydrogen-bond donors (Lipinski definition) is 3. The highest BCUT2D eigenvalue weighted by Crippen LogP contribution is 2.34. The second-order valence-corrected chi connectivity index (χ2v) is 6.67. The predicted molar refractivity (Wildman–Crippen MR) is 98.3 cm³/mol. The van der Waals surface area contributed by atoms with Gasteiger partial charge in [-0.3, -0.25) is 0 Å². The molecule has 3 unspecified atom stereocenters. The second kappa shape index (κ2) is 7.27. The molecule has 0 aliphatic carbocycles. The van der Waals surface area contributed by atoms with Crippen molar-refractivity contribution in [1.29, 1.82) is 0 Å². The predicted octanol–water partition coefficient (Wildman–Crippen LogP) is 2.45. The van der Waals surface area contributed by atoms with Crippen molar-refractivity contribution in [1.82, 2.24) is 20.6 Å². The van der Waals surface area contributed by atoms with Crippen LogP contribution in [0.1, 0.15) is 32.0 Å².